The van der Waals surface area contributed by atoms with Crippen LogP contribution < -0.4 is 20.7 Å². The Bertz CT molecular complexity index is 1230. The molecular formula is C27H30N6O3. The van der Waals surface area contributed by atoms with E-state index in [0.717, 1.165) is 35.7 Å². The molecule has 0 atom stereocenters. The highest BCUT2D eigenvalue weighted by molar-refractivity contribution is 5.67. The molecule has 4 aromatic rings. The SMILES string of the molecule is COCCN(CCOC)c1ccnc(Oc2ccc(Nc3cc(-c4ccccc4)nc(N)n3)cc2)c1. The predicted molar refractivity (Wildman–Crippen MR) is 142 cm³/mol. The molecule has 0 amide bonds. The minimum Gasteiger partial charge on any atom is -0.439 e. The number of rotatable bonds is 12. The van der Waals surface area contributed by atoms with Gasteiger partial charge in [0.05, 0.1) is 18.9 Å². The molecule has 2 aromatic heterocycles. The van der Waals surface area contributed by atoms with E-state index in [2.05, 4.69) is 25.2 Å². The molecule has 36 heavy (non-hydrogen) atoms. The van der Waals surface area contributed by atoms with Gasteiger partial charge in [-0.2, -0.15) is 4.98 Å². The lowest BCUT2D eigenvalue weighted by Crippen LogP contribution is -2.30. The number of nitrogens with one attached hydrogen (secondary N) is 1. The van der Waals surface area contributed by atoms with E-state index >= 15 is 0 Å². The number of nitrogens with zero attached hydrogens (tertiary/aromatic N) is 4. The van der Waals surface area contributed by atoms with Gasteiger partial charge in [0.15, 0.2) is 0 Å². The lowest BCUT2D eigenvalue weighted by atomic mass is 10.1. The molecule has 9 heteroatoms. The third-order valence-electron chi connectivity index (χ3n) is 5.38. The van der Waals surface area contributed by atoms with Crippen LogP contribution >= 0.6 is 0 Å². The van der Waals surface area contributed by atoms with Crippen LogP contribution in [0.5, 0.6) is 11.6 Å². The lowest BCUT2D eigenvalue weighted by molar-refractivity contribution is 0.190. The van der Waals surface area contributed by atoms with Crippen LogP contribution in [0.4, 0.5) is 23.1 Å². The first-order chi connectivity index (χ1) is 17.6. The zero-order chi connectivity index (χ0) is 25.2. The largest absolute Gasteiger partial charge is 0.439 e. The van der Waals surface area contributed by atoms with Crippen molar-refractivity contribution in [3.63, 3.8) is 0 Å². The Morgan fingerprint density at radius 1 is 0.861 bits per heavy atom. The molecule has 0 spiro atoms. The molecule has 0 unspecified atom stereocenters. The minimum atomic E-state index is 0.204. The van der Waals surface area contributed by atoms with Crippen LogP contribution in [-0.2, 0) is 9.47 Å². The maximum absolute atomic E-state index is 6.01. The fourth-order valence-electron chi connectivity index (χ4n) is 3.59. The molecule has 0 aliphatic rings. The molecule has 0 aliphatic heterocycles. The predicted octanol–water partition coefficient (Wildman–Crippen LogP) is 4.76. The van der Waals surface area contributed by atoms with Crippen LogP contribution in [0.1, 0.15) is 0 Å². The van der Waals surface area contributed by atoms with Gasteiger partial charge in [-0.05, 0) is 30.3 Å². The Labute approximate surface area is 210 Å². The maximum Gasteiger partial charge on any atom is 0.222 e. The second-order valence-electron chi connectivity index (χ2n) is 7.94. The summed E-state index contributed by atoms with van der Waals surface area (Å²) in [6.45, 7) is 2.70. The number of hydrogen-bond acceptors (Lipinski definition) is 9. The summed E-state index contributed by atoms with van der Waals surface area (Å²) in [6, 6.07) is 23.1. The molecule has 0 fully saturated rings. The van der Waals surface area contributed by atoms with Crippen molar-refractivity contribution in [2.24, 2.45) is 0 Å². The number of anilines is 4. The zero-order valence-electron chi connectivity index (χ0n) is 20.4. The van der Waals surface area contributed by atoms with Gasteiger partial charge in [-0.1, -0.05) is 30.3 Å². The number of nitrogen functional groups attached to an aromatic ring is 1. The molecule has 186 valence electrons. The summed E-state index contributed by atoms with van der Waals surface area (Å²) < 4.78 is 16.5. The Hall–Kier alpha value is -4.21. The molecule has 2 heterocycles. The van der Waals surface area contributed by atoms with Gasteiger partial charge in [0.1, 0.15) is 11.6 Å². The van der Waals surface area contributed by atoms with Crippen LogP contribution in [-0.4, -0.2) is 55.5 Å². The Morgan fingerprint density at radius 3 is 2.28 bits per heavy atom. The van der Waals surface area contributed by atoms with Gasteiger partial charge in [0.2, 0.25) is 11.8 Å². The molecule has 0 aliphatic carbocycles. The fourth-order valence-corrected chi connectivity index (χ4v) is 3.59. The molecule has 0 radical (unpaired) electrons. The summed E-state index contributed by atoms with van der Waals surface area (Å²) in [5.74, 6) is 1.98. The average molecular weight is 487 g/mol. The van der Waals surface area contributed by atoms with E-state index < -0.39 is 0 Å². The van der Waals surface area contributed by atoms with E-state index in [0.29, 0.717) is 30.7 Å². The average Bonchev–Trinajstić information content (AvgIpc) is 2.90. The van der Waals surface area contributed by atoms with E-state index in [1.165, 1.54) is 0 Å². The van der Waals surface area contributed by atoms with Crippen molar-refractivity contribution < 1.29 is 14.2 Å². The van der Waals surface area contributed by atoms with E-state index in [1.807, 2.05) is 72.8 Å². The Balaban J connectivity index is 1.44. The van der Waals surface area contributed by atoms with Gasteiger partial charge < -0.3 is 30.2 Å². The molecule has 0 bridgehead atoms. The maximum atomic E-state index is 6.01. The number of aromatic nitrogens is 3. The third kappa shape index (κ3) is 6.91. The summed E-state index contributed by atoms with van der Waals surface area (Å²) in [5.41, 5.74) is 9.49. The van der Waals surface area contributed by atoms with Gasteiger partial charge in [0, 0.05) is 62.6 Å². The topological polar surface area (TPSA) is 108 Å². The van der Waals surface area contributed by atoms with Crippen molar-refractivity contribution in [1.82, 2.24) is 15.0 Å². The van der Waals surface area contributed by atoms with Gasteiger partial charge >= 0.3 is 0 Å². The van der Waals surface area contributed by atoms with Crippen molar-refractivity contribution in [2.45, 2.75) is 0 Å². The van der Waals surface area contributed by atoms with Crippen molar-refractivity contribution in [3.05, 3.63) is 79.0 Å². The third-order valence-corrected chi connectivity index (χ3v) is 5.38. The second-order valence-corrected chi connectivity index (χ2v) is 7.94. The van der Waals surface area contributed by atoms with E-state index in [1.54, 1.807) is 20.4 Å². The highest BCUT2D eigenvalue weighted by Crippen LogP contribution is 2.27. The number of benzene rings is 2. The highest BCUT2D eigenvalue weighted by Gasteiger charge is 2.10. The molecular weight excluding hydrogens is 456 g/mol. The molecule has 3 N–H and O–H groups in total. The zero-order valence-corrected chi connectivity index (χ0v) is 20.4. The van der Waals surface area contributed by atoms with Crippen molar-refractivity contribution in [3.8, 4) is 22.9 Å². The van der Waals surface area contributed by atoms with Crippen LogP contribution in [0.2, 0.25) is 0 Å². The lowest BCUT2D eigenvalue weighted by Gasteiger charge is -2.24. The smallest absolute Gasteiger partial charge is 0.222 e. The van der Waals surface area contributed by atoms with Crippen molar-refractivity contribution in [1.29, 1.82) is 0 Å². The number of pyridine rings is 1. The van der Waals surface area contributed by atoms with Gasteiger partial charge in [-0.25, -0.2) is 9.97 Å². The molecule has 0 saturated carbocycles. The first kappa shape index (κ1) is 24.9. The van der Waals surface area contributed by atoms with Gasteiger partial charge in [-0.3, -0.25) is 0 Å². The van der Waals surface area contributed by atoms with E-state index in [4.69, 9.17) is 19.9 Å². The molecule has 9 nitrogen and oxygen atoms in total. The second kappa shape index (κ2) is 12.5. The van der Waals surface area contributed by atoms with Crippen LogP contribution in [0, 0.1) is 0 Å². The number of ether oxygens (including phenoxy) is 3. The summed E-state index contributed by atoms with van der Waals surface area (Å²) >= 11 is 0. The minimum absolute atomic E-state index is 0.204. The van der Waals surface area contributed by atoms with Crippen LogP contribution in [0.25, 0.3) is 11.3 Å². The molecule has 2 aromatic carbocycles. The van der Waals surface area contributed by atoms with Crippen LogP contribution in [0.15, 0.2) is 79.0 Å². The first-order valence-corrected chi connectivity index (χ1v) is 11.6. The number of nitrogens with two attached hydrogens (primary N) is 1. The van der Waals surface area contributed by atoms with Crippen LogP contribution in [0.3, 0.4) is 0 Å². The van der Waals surface area contributed by atoms with Crippen molar-refractivity contribution in [2.75, 3.05) is 56.5 Å². The molecule has 0 saturated heterocycles. The van der Waals surface area contributed by atoms with Crippen molar-refractivity contribution >= 4 is 23.1 Å². The normalized spacial score (nSPS) is 10.7. The van der Waals surface area contributed by atoms with Gasteiger partial charge in [-0.15, -0.1) is 0 Å². The fraction of sp³-hybridized carbons (Fsp3) is 0.222. The van der Waals surface area contributed by atoms with E-state index in [9.17, 15) is 0 Å². The molecule has 4 rings (SSSR count). The highest BCUT2D eigenvalue weighted by atomic mass is 16.5. The summed E-state index contributed by atoms with van der Waals surface area (Å²) in [7, 11) is 3.38. The number of hydrogen-bond donors (Lipinski definition) is 2. The monoisotopic (exact) mass is 486 g/mol. The van der Waals surface area contributed by atoms with Gasteiger partial charge in [0.25, 0.3) is 0 Å². The Kier molecular flexibility index (Phi) is 8.63. The summed E-state index contributed by atoms with van der Waals surface area (Å²) in [5, 5.41) is 3.28. The summed E-state index contributed by atoms with van der Waals surface area (Å²) in [6.07, 6.45) is 1.73. The quantitative estimate of drug-likeness (QED) is 0.293. The first-order valence-electron chi connectivity index (χ1n) is 11.6. The summed E-state index contributed by atoms with van der Waals surface area (Å²) in [4.78, 5) is 15.2. The number of methoxy groups -OCH3 is 2. The van der Waals surface area contributed by atoms with E-state index in [-0.39, 0.29) is 5.95 Å². The standard InChI is InChI=1S/C27H30N6O3/c1-34-16-14-33(15-17-35-2)22-12-13-29-26(18-22)36-23-10-8-21(9-11-23)30-25-19-24(31-27(28)32-25)20-6-4-3-5-7-20/h3-13,18-19H,14-17H2,1-2H3,(H3,28,30,31,32). The Morgan fingerprint density at radius 2 is 1.58 bits per heavy atom.